The summed E-state index contributed by atoms with van der Waals surface area (Å²) >= 11 is 0. The molecule has 0 amide bonds. The summed E-state index contributed by atoms with van der Waals surface area (Å²) in [5.41, 5.74) is 6.91. The fourth-order valence-corrected chi connectivity index (χ4v) is 2.95. The van der Waals surface area contributed by atoms with Gasteiger partial charge in [0.15, 0.2) is 0 Å². The van der Waals surface area contributed by atoms with Gasteiger partial charge in [-0.05, 0) is 18.4 Å². The van der Waals surface area contributed by atoms with Crippen molar-refractivity contribution in [1.29, 1.82) is 0 Å². The fourth-order valence-electron chi connectivity index (χ4n) is 2.95. The molecule has 1 aliphatic rings. The number of ketones is 1. The highest BCUT2D eigenvalue weighted by molar-refractivity contribution is 5.88. The van der Waals surface area contributed by atoms with E-state index in [1.54, 1.807) is 0 Å². The summed E-state index contributed by atoms with van der Waals surface area (Å²) in [5.74, 6) is 0.501. The maximum atomic E-state index is 12.6. The Balaban J connectivity index is 2.09. The molecular weight excluding hydrogens is 222 g/mol. The van der Waals surface area contributed by atoms with Gasteiger partial charge >= 0.3 is 0 Å². The zero-order chi connectivity index (χ0) is 12.8. The van der Waals surface area contributed by atoms with Gasteiger partial charge in [0.2, 0.25) is 0 Å². The molecule has 1 aliphatic carbocycles. The van der Waals surface area contributed by atoms with Crippen LogP contribution in [0.2, 0.25) is 0 Å². The normalized spacial score (nSPS) is 19.2. The monoisotopic (exact) mass is 245 g/mol. The summed E-state index contributed by atoms with van der Waals surface area (Å²) < 4.78 is 0. The van der Waals surface area contributed by atoms with E-state index in [0.717, 1.165) is 18.4 Å². The van der Waals surface area contributed by atoms with Crippen molar-refractivity contribution in [3.05, 3.63) is 35.9 Å². The van der Waals surface area contributed by atoms with Gasteiger partial charge in [0.05, 0.1) is 5.92 Å². The fraction of sp³-hybridized carbons (Fsp3) is 0.562. The SMILES string of the molecule is NCC(C(=O)C1CCCCCC1)c1ccccc1. The quantitative estimate of drug-likeness (QED) is 0.827. The lowest BCUT2D eigenvalue weighted by atomic mass is 9.84. The topological polar surface area (TPSA) is 43.1 Å². The lowest BCUT2D eigenvalue weighted by molar-refractivity contribution is -0.124. The van der Waals surface area contributed by atoms with Crippen LogP contribution in [-0.2, 0) is 4.79 Å². The molecule has 1 saturated carbocycles. The van der Waals surface area contributed by atoms with Crippen LogP contribution in [-0.4, -0.2) is 12.3 Å². The minimum absolute atomic E-state index is 0.103. The van der Waals surface area contributed by atoms with Crippen molar-refractivity contribution in [3.8, 4) is 0 Å². The molecule has 0 heterocycles. The third-order valence-electron chi connectivity index (χ3n) is 4.04. The molecule has 2 rings (SSSR count). The molecule has 18 heavy (non-hydrogen) atoms. The maximum Gasteiger partial charge on any atom is 0.144 e. The van der Waals surface area contributed by atoms with Crippen LogP contribution in [0.15, 0.2) is 30.3 Å². The average Bonchev–Trinajstić information content (AvgIpc) is 2.69. The summed E-state index contributed by atoms with van der Waals surface area (Å²) in [7, 11) is 0. The standard InChI is InChI=1S/C16H23NO/c17-12-15(13-8-6-3-7-9-13)16(18)14-10-4-1-2-5-11-14/h3,6-9,14-15H,1-2,4-5,10-12,17H2. The Hall–Kier alpha value is -1.15. The Morgan fingerprint density at radius 3 is 2.28 bits per heavy atom. The van der Waals surface area contributed by atoms with Crippen molar-refractivity contribution in [2.75, 3.05) is 6.54 Å². The van der Waals surface area contributed by atoms with Crippen LogP contribution in [0, 0.1) is 5.92 Å². The summed E-state index contributed by atoms with van der Waals surface area (Å²) in [6.07, 6.45) is 7.07. The first kappa shape index (κ1) is 13.3. The van der Waals surface area contributed by atoms with E-state index >= 15 is 0 Å². The van der Waals surface area contributed by atoms with Gasteiger partial charge in [-0.15, -0.1) is 0 Å². The first-order chi connectivity index (χ1) is 8.83. The smallest absolute Gasteiger partial charge is 0.144 e. The Labute approximate surface area is 110 Å². The molecule has 0 saturated heterocycles. The molecule has 2 N–H and O–H groups in total. The van der Waals surface area contributed by atoms with Gasteiger partial charge in [-0.1, -0.05) is 56.0 Å². The van der Waals surface area contributed by atoms with E-state index < -0.39 is 0 Å². The number of benzene rings is 1. The van der Waals surface area contributed by atoms with Crippen molar-refractivity contribution in [1.82, 2.24) is 0 Å². The van der Waals surface area contributed by atoms with Gasteiger partial charge in [0.25, 0.3) is 0 Å². The number of hydrogen-bond donors (Lipinski definition) is 1. The van der Waals surface area contributed by atoms with Gasteiger partial charge in [-0.25, -0.2) is 0 Å². The second kappa shape index (κ2) is 6.69. The molecule has 1 fully saturated rings. The molecule has 98 valence electrons. The molecule has 0 aromatic heterocycles. The van der Waals surface area contributed by atoms with Crippen LogP contribution >= 0.6 is 0 Å². The Morgan fingerprint density at radius 1 is 1.11 bits per heavy atom. The highest BCUT2D eigenvalue weighted by atomic mass is 16.1. The number of hydrogen-bond acceptors (Lipinski definition) is 2. The Bertz CT molecular complexity index is 366. The highest BCUT2D eigenvalue weighted by Gasteiger charge is 2.27. The van der Waals surface area contributed by atoms with E-state index in [0.29, 0.717) is 12.3 Å². The van der Waals surface area contributed by atoms with E-state index in [2.05, 4.69) is 0 Å². The molecule has 1 atom stereocenters. The lowest BCUT2D eigenvalue weighted by Crippen LogP contribution is -2.27. The molecule has 0 radical (unpaired) electrons. The summed E-state index contributed by atoms with van der Waals surface area (Å²) in [4.78, 5) is 12.6. The van der Waals surface area contributed by atoms with Gasteiger partial charge in [-0.2, -0.15) is 0 Å². The van der Waals surface area contributed by atoms with Crippen LogP contribution in [0.1, 0.15) is 50.0 Å². The second-order valence-electron chi connectivity index (χ2n) is 5.29. The molecule has 0 spiro atoms. The maximum absolute atomic E-state index is 12.6. The van der Waals surface area contributed by atoms with E-state index in [-0.39, 0.29) is 11.8 Å². The predicted octanol–water partition coefficient (Wildman–Crippen LogP) is 3.27. The van der Waals surface area contributed by atoms with Crippen LogP contribution < -0.4 is 5.73 Å². The van der Waals surface area contributed by atoms with Crippen molar-refractivity contribution in [2.45, 2.75) is 44.4 Å². The molecule has 1 aromatic carbocycles. The van der Waals surface area contributed by atoms with Gasteiger partial charge in [0, 0.05) is 12.5 Å². The largest absolute Gasteiger partial charge is 0.329 e. The van der Waals surface area contributed by atoms with Crippen molar-refractivity contribution >= 4 is 5.78 Å². The van der Waals surface area contributed by atoms with E-state index in [4.69, 9.17) is 5.73 Å². The number of carbonyl (C=O) groups is 1. The zero-order valence-corrected chi connectivity index (χ0v) is 11.0. The molecule has 2 heteroatoms. The molecule has 2 nitrogen and oxygen atoms in total. The predicted molar refractivity (Wildman–Crippen MR) is 74.4 cm³/mol. The number of Topliss-reactive ketones (excluding diaryl/α,β-unsaturated/α-hetero) is 1. The van der Waals surface area contributed by atoms with E-state index in [9.17, 15) is 4.79 Å². The molecule has 1 aromatic rings. The highest BCUT2D eigenvalue weighted by Crippen LogP contribution is 2.29. The minimum atomic E-state index is -0.103. The Kier molecular flexibility index (Phi) is 4.94. The van der Waals surface area contributed by atoms with E-state index in [1.165, 1.54) is 25.7 Å². The first-order valence-corrected chi connectivity index (χ1v) is 7.11. The van der Waals surface area contributed by atoms with Crippen molar-refractivity contribution in [3.63, 3.8) is 0 Å². The van der Waals surface area contributed by atoms with Crippen LogP contribution in [0.25, 0.3) is 0 Å². The van der Waals surface area contributed by atoms with Gasteiger partial charge in [-0.3, -0.25) is 4.79 Å². The summed E-state index contributed by atoms with van der Waals surface area (Å²) in [6, 6.07) is 9.99. The molecule has 0 aliphatic heterocycles. The van der Waals surface area contributed by atoms with Crippen LogP contribution in [0.5, 0.6) is 0 Å². The van der Waals surface area contributed by atoms with Crippen LogP contribution in [0.3, 0.4) is 0 Å². The molecule has 0 bridgehead atoms. The number of rotatable bonds is 4. The molecule has 1 unspecified atom stereocenters. The van der Waals surface area contributed by atoms with E-state index in [1.807, 2.05) is 30.3 Å². The third kappa shape index (κ3) is 3.20. The minimum Gasteiger partial charge on any atom is -0.329 e. The lowest BCUT2D eigenvalue weighted by Gasteiger charge is -2.20. The summed E-state index contributed by atoms with van der Waals surface area (Å²) in [6.45, 7) is 0.430. The summed E-state index contributed by atoms with van der Waals surface area (Å²) in [5, 5.41) is 0. The number of nitrogens with two attached hydrogens (primary N) is 1. The van der Waals surface area contributed by atoms with Gasteiger partial charge in [0.1, 0.15) is 5.78 Å². The van der Waals surface area contributed by atoms with Crippen molar-refractivity contribution < 1.29 is 4.79 Å². The Morgan fingerprint density at radius 2 is 1.72 bits per heavy atom. The molecular formula is C16H23NO. The van der Waals surface area contributed by atoms with Gasteiger partial charge < -0.3 is 5.73 Å². The number of carbonyl (C=O) groups excluding carboxylic acids is 1. The average molecular weight is 245 g/mol. The first-order valence-electron chi connectivity index (χ1n) is 7.11. The van der Waals surface area contributed by atoms with Crippen LogP contribution in [0.4, 0.5) is 0 Å². The third-order valence-corrected chi connectivity index (χ3v) is 4.04. The second-order valence-corrected chi connectivity index (χ2v) is 5.29. The zero-order valence-electron chi connectivity index (χ0n) is 11.0. The van der Waals surface area contributed by atoms with Crippen molar-refractivity contribution in [2.24, 2.45) is 11.7 Å².